The van der Waals surface area contributed by atoms with Crippen LogP contribution >= 0.6 is 0 Å². The molecule has 0 unspecified atom stereocenters. The topological polar surface area (TPSA) is 105 Å². The van der Waals surface area contributed by atoms with Crippen molar-refractivity contribution in [3.8, 4) is 5.75 Å². The van der Waals surface area contributed by atoms with Crippen LogP contribution in [0, 0.1) is 0 Å². The number of nitrogens with one attached hydrogen (secondary N) is 2. The van der Waals surface area contributed by atoms with Gasteiger partial charge in [-0.3, -0.25) is 13.9 Å². The van der Waals surface area contributed by atoms with Crippen LogP contribution in [-0.2, 0) is 14.8 Å². The van der Waals surface area contributed by atoms with Crippen molar-refractivity contribution in [2.45, 2.75) is 32.4 Å². The molecule has 2 N–H and O–H groups in total. The quantitative estimate of drug-likeness (QED) is 0.731. The molecule has 0 bridgehead atoms. The first kappa shape index (κ1) is 21.6. The maximum atomic E-state index is 12.9. The molecule has 0 saturated carbocycles. The Hall–Kier alpha value is -3.07. The van der Waals surface area contributed by atoms with Crippen LogP contribution in [0.1, 0.15) is 30.6 Å². The summed E-state index contributed by atoms with van der Waals surface area (Å²) < 4.78 is 31.4. The Kier molecular flexibility index (Phi) is 6.31. The zero-order valence-corrected chi connectivity index (χ0v) is 17.9. The number of para-hydroxylation sites is 3. The minimum absolute atomic E-state index is 0.0113. The molecule has 0 fully saturated rings. The molecule has 160 valence electrons. The molecule has 0 radical (unpaired) electrons. The Morgan fingerprint density at radius 3 is 2.53 bits per heavy atom. The third-order valence-electron chi connectivity index (χ3n) is 4.85. The second-order valence-corrected chi connectivity index (χ2v) is 9.09. The minimum Gasteiger partial charge on any atom is -0.476 e. The third kappa shape index (κ3) is 4.73. The fraction of sp³-hybridized carbons (Fsp3) is 0.333. The van der Waals surface area contributed by atoms with Gasteiger partial charge in [-0.1, -0.05) is 31.2 Å². The molecule has 0 saturated heterocycles. The number of amides is 2. The number of carbonyl (C=O) groups excluding carboxylic acids is 2. The number of hydrogen-bond acceptors (Lipinski definition) is 5. The van der Waals surface area contributed by atoms with Crippen LogP contribution in [0.2, 0.25) is 0 Å². The van der Waals surface area contributed by atoms with E-state index in [1.54, 1.807) is 48.5 Å². The van der Waals surface area contributed by atoms with Gasteiger partial charge in [0.25, 0.3) is 11.8 Å². The summed E-state index contributed by atoms with van der Waals surface area (Å²) in [5.74, 6) is -0.535. The van der Waals surface area contributed by atoms with Gasteiger partial charge in [0.15, 0.2) is 6.10 Å². The van der Waals surface area contributed by atoms with Crippen molar-refractivity contribution < 1.29 is 22.7 Å². The van der Waals surface area contributed by atoms with E-state index in [1.165, 1.54) is 0 Å². The molecular weight excluding hydrogens is 406 g/mol. The van der Waals surface area contributed by atoms with Crippen LogP contribution in [0.4, 0.5) is 11.4 Å². The molecular formula is C21H25N3O5S. The highest BCUT2D eigenvalue weighted by Crippen LogP contribution is 2.34. The summed E-state index contributed by atoms with van der Waals surface area (Å²) in [4.78, 5) is 25.5. The fourth-order valence-electron chi connectivity index (χ4n) is 3.06. The predicted octanol–water partition coefficient (Wildman–Crippen LogP) is 2.38. The van der Waals surface area contributed by atoms with Crippen molar-refractivity contribution in [3.63, 3.8) is 0 Å². The first-order valence-corrected chi connectivity index (χ1v) is 11.5. The van der Waals surface area contributed by atoms with E-state index >= 15 is 0 Å². The molecule has 0 aromatic heterocycles. The van der Waals surface area contributed by atoms with Gasteiger partial charge in [0.2, 0.25) is 10.0 Å². The molecule has 2 amide bonds. The molecule has 30 heavy (non-hydrogen) atoms. The van der Waals surface area contributed by atoms with Crippen LogP contribution < -0.4 is 19.7 Å². The normalized spacial score (nSPS) is 16.8. The average molecular weight is 432 g/mol. The molecule has 8 nitrogen and oxygen atoms in total. The van der Waals surface area contributed by atoms with E-state index in [4.69, 9.17) is 4.74 Å². The molecule has 0 aliphatic carbocycles. The lowest BCUT2D eigenvalue weighted by molar-refractivity contribution is -0.122. The van der Waals surface area contributed by atoms with E-state index < -0.39 is 22.0 Å². The number of rotatable bonds is 6. The molecule has 9 heteroatoms. The van der Waals surface area contributed by atoms with Gasteiger partial charge in [-0.05, 0) is 37.6 Å². The molecule has 1 heterocycles. The van der Waals surface area contributed by atoms with Crippen LogP contribution in [0.25, 0.3) is 0 Å². The molecule has 2 aromatic carbocycles. The maximum Gasteiger partial charge on any atom is 0.267 e. The van der Waals surface area contributed by atoms with E-state index in [-0.39, 0.29) is 18.5 Å². The van der Waals surface area contributed by atoms with Gasteiger partial charge in [-0.15, -0.1) is 0 Å². The lowest BCUT2D eigenvalue weighted by Crippen LogP contribution is -2.48. The maximum absolute atomic E-state index is 12.9. The van der Waals surface area contributed by atoms with Crippen molar-refractivity contribution in [2.75, 3.05) is 22.4 Å². The molecule has 1 aliphatic heterocycles. The van der Waals surface area contributed by atoms with E-state index in [0.717, 1.165) is 17.0 Å². The number of nitrogens with zero attached hydrogens (tertiary/aromatic N) is 1. The van der Waals surface area contributed by atoms with Gasteiger partial charge in [0.1, 0.15) is 5.75 Å². The van der Waals surface area contributed by atoms with E-state index in [0.29, 0.717) is 22.7 Å². The monoisotopic (exact) mass is 431 g/mol. The Labute approximate surface area is 176 Å². The number of carbonyl (C=O) groups is 2. The second-order valence-electron chi connectivity index (χ2n) is 7.19. The van der Waals surface area contributed by atoms with Crippen LogP contribution in [0.15, 0.2) is 48.5 Å². The van der Waals surface area contributed by atoms with Crippen molar-refractivity contribution in [2.24, 2.45) is 0 Å². The lowest BCUT2D eigenvalue weighted by atomic mass is 10.1. The molecule has 0 spiro atoms. The number of hydrogen-bond donors (Lipinski definition) is 2. The smallest absolute Gasteiger partial charge is 0.267 e. The number of ether oxygens (including phenoxy) is 1. The number of fused-ring (bicyclic) bond motifs is 1. The molecule has 2 aromatic rings. The standard InChI is InChI=1S/C21H25N3O5S/c1-4-14(2)22-20(25)15-9-5-6-10-16(15)23-21(26)19-13-24(30(3,27)28)17-11-7-8-12-18(17)29-19/h5-12,14,19H,4,13H2,1-3H3,(H,22,25)(H,23,26)/t14-,19-/m1/s1. The lowest BCUT2D eigenvalue weighted by Gasteiger charge is -2.33. The highest BCUT2D eigenvalue weighted by molar-refractivity contribution is 7.92. The number of benzene rings is 2. The van der Waals surface area contributed by atoms with Crippen molar-refractivity contribution in [1.29, 1.82) is 0 Å². The zero-order valence-electron chi connectivity index (χ0n) is 17.1. The van der Waals surface area contributed by atoms with Crippen molar-refractivity contribution in [3.05, 3.63) is 54.1 Å². The zero-order chi connectivity index (χ0) is 21.9. The van der Waals surface area contributed by atoms with E-state index in [1.807, 2.05) is 13.8 Å². The summed E-state index contributed by atoms with van der Waals surface area (Å²) in [6.07, 6.45) is 0.788. The summed E-state index contributed by atoms with van der Waals surface area (Å²) in [7, 11) is -3.61. The number of anilines is 2. The summed E-state index contributed by atoms with van der Waals surface area (Å²) in [6.45, 7) is 3.69. The predicted molar refractivity (Wildman–Crippen MR) is 115 cm³/mol. The van der Waals surface area contributed by atoms with E-state index in [2.05, 4.69) is 10.6 Å². The van der Waals surface area contributed by atoms with Gasteiger partial charge in [0, 0.05) is 6.04 Å². The molecule has 2 atom stereocenters. The summed E-state index contributed by atoms with van der Waals surface area (Å²) in [5, 5.41) is 5.58. The minimum atomic E-state index is -3.61. The van der Waals surface area contributed by atoms with Crippen LogP contribution in [0.5, 0.6) is 5.75 Å². The largest absolute Gasteiger partial charge is 0.476 e. The Bertz CT molecular complexity index is 1050. The third-order valence-corrected chi connectivity index (χ3v) is 5.99. The number of sulfonamides is 1. The van der Waals surface area contributed by atoms with Gasteiger partial charge in [-0.2, -0.15) is 0 Å². The van der Waals surface area contributed by atoms with Crippen molar-refractivity contribution >= 4 is 33.2 Å². The Balaban J connectivity index is 1.83. The molecule has 3 rings (SSSR count). The molecule has 1 aliphatic rings. The van der Waals surface area contributed by atoms with Crippen molar-refractivity contribution in [1.82, 2.24) is 5.32 Å². The summed E-state index contributed by atoms with van der Waals surface area (Å²) in [6, 6.07) is 13.3. The van der Waals surface area contributed by atoms with Gasteiger partial charge in [0.05, 0.1) is 29.7 Å². The highest BCUT2D eigenvalue weighted by atomic mass is 32.2. The first-order valence-electron chi connectivity index (χ1n) is 9.65. The van der Waals surface area contributed by atoms with Gasteiger partial charge < -0.3 is 15.4 Å². The Morgan fingerprint density at radius 1 is 1.17 bits per heavy atom. The summed E-state index contributed by atoms with van der Waals surface area (Å²) in [5.41, 5.74) is 1.04. The van der Waals surface area contributed by atoms with Gasteiger partial charge in [-0.25, -0.2) is 8.42 Å². The average Bonchev–Trinajstić information content (AvgIpc) is 2.72. The second kappa shape index (κ2) is 8.74. The van der Waals surface area contributed by atoms with Crippen LogP contribution in [0.3, 0.4) is 0 Å². The van der Waals surface area contributed by atoms with E-state index in [9.17, 15) is 18.0 Å². The highest BCUT2D eigenvalue weighted by Gasteiger charge is 2.35. The Morgan fingerprint density at radius 2 is 1.83 bits per heavy atom. The SMILES string of the molecule is CC[C@@H](C)NC(=O)c1ccccc1NC(=O)[C@H]1CN(S(C)(=O)=O)c2ccccc2O1. The van der Waals surface area contributed by atoms with Crippen LogP contribution in [-0.4, -0.2) is 45.2 Å². The van der Waals surface area contributed by atoms with Gasteiger partial charge >= 0.3 is 0 Å². The fourth-order valence-corrected chi connectivity index (χ4v) is 3.97. The first-order chi connectivity index (χ1) is 14.2. The summed E-state index contributed by atoms with van der Waals surface area (Å²) >= 11 is 0.